The minimum Gasteiger partial charge on any atom is -0.366 e. The molecule has 0 saturated heterocycles. The molecule has 96 valence electrons. The van der Waals surface area contributed by atoms with Crippen molar-refractivity contribution in [3.63, 3.8) is 0 Å². The molecule has 1 fully saturated rings. The summed E-state index contributed by atoms with van der Waals surface area (Å²) in [7, 11) is 0. The second-order valence-corrected chi connectivity index (χ2v) is 5.38. The van der Waals surface area contributed by atoms with Gasteiger partial charge in [0, 0.05) is 12.6 Å². The molecule has 0 amide bonds. The minimum absolute atomic E-state index is 0.590. The fraction of sp³-hybridized carbons (Fsp3) is 0.846. The van der Waals surface area contributed by atoms with Gasteiger partial charge in [0.1, 0.15) is 5.82 Å². The molecule has 1 aromatic heterocycles. The van der Waals surface area contributed by atoms with Crippen molar-refractivity contribution in [2.75, 3.05) is 5.32 Å². The molecule has 0 aromatic carbocycles. The van der Waals surface area contributed by atoms with Crippen LogP contribution in [0, 0.1) is 11.8 Å². The third-order valence-electron chi connectivity index (χ3n) is 3.93. The van der Waals surface area contributed by atoms with Gasteiger partial charge in [-0.2, -0.15) is 0 Å². The van der Waals surface area contributed by atoms with Crippen molar-refractivity contribution < 1.29 is 0 Å². The normalized spacial score (nSPS) is 25.2. The van der Waals surface area contributed by atoms with E-state index in [1.165, 1.54) is 25.7 Å². The van der Waals surface area contributed by atoms with Gasteiger partial charge >= 0.3 is 0 Å². The second-order valence-electron chi connectivity index (χ2n) is 5.38. The Morgan fingerprint density at radius 3 is 2.88 bits per heavy atom. The molecule has 4 nitrogen and oxygen atoms in total. The summed E-state index contributed by atoms with van der Waals surface area (Å²) in [6, 6.07) is 0.590. The first-order valence-corrected chi connectivity index (χ1v) is 6.87. The standard InChI is InChI=1S/C13H24N4/c1-4-17-13(9-14-16-17)15-12-8-6-5-7-11(12)10(2)3/h9-12,15H,4-8H2,1-3H3. The van der Waals surface area contributed by atoms with E-state index < -0.39 is 0 Å². The minimum atomic E-state index is 0.590. The maximum atomic E-state index is 4.07. The van der Waals surface area contributed by atoms with E-state index in [9.17, 15) is 0 Å². The predicted molar refractivity (Wildman–Crippen MR) is 69.9 cm³/mol. The largest absolute Gasteiger partial charge is 0.366 e. The van der Waals surface area contributed by atoms with E-state index in [1.54, 1.807) is 0 Å². The maximum absolute atomic E-state index is 4.07. The molecule has 1 heterocycles. The fourth-order valence-corrected chi connectivity index (χ4v) is 2.93. The molecule has 1 aliphatic carbocycles. The number of hydrogen-bond acceptors (Lipinski definition) is 3. The van der Waals surface area contributed by atoms with E-state index >= 15 is 0 Å². The number of anilines is 1. The fourth-order valence-electron chi connectivity index (χ4n) is 2.93. The van der Waals surface area contributed by atoms with Crippen molar-refractivity contribution in [1.29, 1.82) is 0 Å². The molecule has 1 aliphatic rings. The first-order chi connectivity index (χ1) is 8.22. The molecule has 2 atom stereocenters. The molecule has 0 aliphatic heterocycles. The van der Waals surface area contributed by atoms with Gasteiger partial charge in [-0.25, -0.2) is 4.68 Å². The molecule has 1 N–H and O–H groups in total. The highest BCUT2D eigenvalue weighted by molar-refractivity contribution is 5.33. The van der Waals surface area contributed by atoms with E-state index in [0.29, 0.717) is 6.04 Å². The maximum Gasteiger partial charge on any atom is 0.145 e. The van der Waals surface area contributed by atoms with Crippen LogP contribution < -0.4 is 5.32 Å². The molecular weight excluding hydrogens is 212 g/mol. The van der Waals surface area contributed by atoms with Crippen LogP contribution in [0.25, 0.3) is 0 Å². The van der Waals surface area contributed by atoms with Crippen LogP contribution in [-0.2, 0) is 6.54 Å². The number of aryl methyl sites for hydroxylation is 1. The van der Waals surface area contributed by atoms with Gasteiger partial charge in [0.15, 0.2) is 0 Å². The molecule has 0 bridgehead atoms. The Morgan fingerprint density at radius 2 is 2.18 bits per heavy atom. The topological polar surface area (TPSA) is 42.7 Å². The summed E-state index contributed by atoms with van der Waals surface area (Å²) in [4.78, 5) is 0. The SMILES string of the molecule is CCn1nncc1NC1CCCCC1C(C)C. The van der Waals surface area contributed by atoms with Gasteiger partial charge < -0.3 is 5.32 Å². The van der Waals surface area contributed by atoms with E-state index in [2.05, 4.69) is 36.4 Å². The monoisotopic (exact) mass is 236 g/mol. The van der Waals surface area contributed by atoms with Gasteiger partial charge in [0.25, 0.3) is 0 Å². The average molecular weight is 236 g/mol. The summed E-state index contributed by atoms with van der Waals surface area (Å²) in [5.41, 5.74) is 0. The van der Waals surface area contributed by atoms with Crippen LogP contribution in [0.2, 0.25) is 0 Å². The van der Waals surface area contributed by atoms with Gasteiger partial charge in [-0.15, -0.1) is 5.10 Å². The second kappa shape index (κ2) is 5.52. The Hall–Kier alpha value is -1.06. The quantitative estimate of drug-likeness (QED) is 0.874. The van der Waals surface area contributed by atoms with E-state index in [4.69, 9.17) is 0 Å². The first-order valence-electron chi connectivity index (χ1n) is 6.87. The average Bonchev–Trinajstić information content (AvgIpc) is 2.77. The van der Waals surface area contributed by atoms with Crippen molar-refractivity contribution >= 4 is 5.82 Å². The lowest BCUT2D eigenvalue weighted by atomic mass is 9.78. The highest BCUT2D eigenvalue weighted by atomic mass is 15.4. The van der Waals surface area contributed by atoms with Gasteiger partial charge in [-0.3, -0.25) is 0 Å². The van der Waals surface area contributed by atoms with Crippen molar-refractivity contribution in [3.8, 4) is 0 Å². The van der Waals surface area contributed by atoms with Crippen LogP contribution in [0.15, 0.2) is 6.20 Å². The molecule has 17 heavy (non-hydrogen) atoms. The van der Waals surface area contributed by atoms with Gasteiger partial charge in [0.05, 0.1) is 6.20 Å². The zero-order chi connectivity index (χ0) is 12.3. The Morgan fingerprint density at radius 1 is 1.41 bits per heavy atom. The Bertz CT molecular complexity index is 345. The lowest BCUT2D eigenvalue weighted by molar-refractivity contribution is 0.253. The molecule has 2 rings (SSSR count). The van der Waals surface area contributed by atoms with Crippen LogP contribution in [0.3, 0.4) is 0 Å². The lowest BCUT2D eigenvalue weighted by Crippen LogP contribution is -2.35. The zero-order valence-corrected chi connectivity index (χ0v) is 11.2. The van der Waals surface area contributed by atoms with Crippen LogP contribution in [0.1, 0.15) is 46.5 Å². The van der Waals surface area contributed by atoms with Crippen molar-refractivity contribution in [2.24, 2.45) is 11.8 Å². The van der Waals surface area contributed by atoms with Crippen LogP contribution in [0.4, 0.5) is 5.82 Å². The van der Waals surface area contributed by atoms with Crippen molar-refractivity contribution in [1.82, 2.24) is 15.0 Å². The summed E-state index contributed by atoms with van der Waals surface area (Å²) < 4.78 is 1.94. The van der Waals surface area contributed by atoms with Crippen LogP contribution >= 0.6 is 0 Å². The highest BCUT2D eigenvalue weighted by Gasteiger charge is 2.27. The molecule has 4 heteroatoms. The molecule has 1 saturated carbocycles. The molecular formula is C13H24N4. The number of aromatic nitrogens is 3. The summed E-state index contributed by atoms with van der Waals surface area (Å²) in [6.07, 6.45) is 7.19. The smallest absolute Gasteiger partial charge is 0.145 e. The van der Waals surface area contributed by atoms with Gasteiger partial charge in [0.2, 0.25) is 0 Å². The number of nitrogens with zero attached hydrogens (tertiary/aromatic N) is 3. The third kappa shape index (κ3) is 2.79. The van der Waals surface area contributed by atoms with E-state index in [1.807, 2.05) is 10.9 Å². The molecule has 1 aromatic rings. The third-order valence-corrected chi connectivity index (χ3v) is 3.93. The molecule has 2 unspecified atom stereocenters. The summed E-state index contributed by atoms with van der Waals surface area (Å²) in [5.74, 6) is 2.60. The zero-order valence-electron chi connectivity index (χ0n) is 11.2. The van der Waals surface area contributed by atoms with Gasteiger partial charge in [-0.05, 0) is 31.6 Å². The summed E-state index contributed by atoms with van der Waals surface area (Å²) in [6.45, 7) is 7.64. The summed E-state index contributed by atoms with van der Waals surface area (Å²) >= 11 is 0. The predicted octanol–water partition coefficient (Wildman–Crippen LogP) is 2.92. The highest BCUT2D eigenvalue weighted by Crippen LogP contribution is 2.32. The van der Waals surface area contributed by atoms with Crippen molar-refractivity contribution in [2.45, 2.75) is 59.0 Å². The molecule has 0 radical (unpaired) electrons. The van der Waals surface area contributed by atoms with Crippen molar-refractivity contribution in [3.05, 3.63) is 6.20 Å². The Balaban J connectivity index is 2.05. The number of hydrogen-bond donors (Lipinski definition) is 1. The number of nitrogens with one attached hydrogen (secondary N) is 1. The number of rotatable bonds is 4. The Labute approximate surface area is 104 Å². The molecule has 0 spiro atoms. The van der Waals surface area contributed by atoms with E-state index in [-0.39, 0.29) is 0 Å². The van der Waals surface area contributed by atoms with E-state index in [0.717, 1.165) is 24.2 Å². The summed E-state index contributed by atoms with van der Waals surface area (Å²) in [5, 5.41) is 11.7. The van der Waals surface area contributed by atoms with Gasteiger partial charge in [-0.1, -0.05) is 31.9 Å². The van der Waals surface area contributed by atoms with Crippen LogP contribution in [-0.4, -0.2) is 21.0 Å². The first kappa shape index (κ1) is 12.4. The lowest BCUT2D eigenvalue weighted by Gasteiger charge is -2.35. The van der Waals surface area contributed by atoms with Crippen LogP contribution in [0.5, 0.6) is 0 Å². The Kier molecular flexibility index (Phi) is 4.02.